The number of hydrogen-bond acceptors (Lipinski definition) is 8. The normalized spacial score (nSPS) is 30.5. The van der Waals surface area contributed by atoms with Crippen LogP contribution in [-0.4, -0.2) is 55.8 Å². The Morgan fingerprint density at radius 1 is 1.06 bits per heavy atom. The molecule has 2 aromatic rings. The summed E-state index contributed by atoms with van der Waals surface area (Å²) in [5, 5.41) is 46.7. The molecule has 0 aromatic heterocycles. The third-order valence-electron chi connectivity index (χ3n) is 7.30. The molecule has 6 rings (SSSR count). The topological polar surface area (TPSA) is 140 Å². The number of carbonyl (C=O) groups is 2. The Balaban J connectivity index is 1.69. The average Bonchev–Trinajstić information content (AvgIpc) is 3.55. The number of aliphatic hydroxyl groups excluding tert-OH is 2. The lowest BCUT2D eigenvalue weighted by atomic mass is 9.69. The highest BCUT2D eigenvalue weighted by molar-refractivity contribution is 6.32. The number of nitrogens with one attached hydrogen (secondary N) is 1. The molecule has 35 heavy (non-hydrogen) atoms. The van der Waals surface area contributed by atoms with Crippen molar-refractivity contribution in [2.24, 2.45) is 0 Å². The van der Waals surface area contributed by atoms with E-state index < -0.39 is 46.8 Å². The minimum atomic E-state index is -1.63. The lowest BCUT2D eigenvalue weighted by molar-refractivity contribution is 0.0867. The second kappa shape index (κ2) is 6.74. The quantitative estimate of drug-likeness (QED) is 0.204. The largest absolute Gasteiger partial charge is 0.507 e. The number of ketones is 2. The fourth-order valence-corrected chi connectivity index (χ4v) is 5.61. The van der Waals surface area contributed by atoms with E-state index in [9.17, 15) is 30.0 Å². The zero-order valence-electron chi connectivity index (χ0n) is 18.6. The number of carbonyl (C=O) groups excluding carboxylic acids is 2. The minimum absolute atomic E-state index is 0.0193. The Morgan fingerprint density at radius 2 is 1.77 bits per heavy atom. The van der Waals surface area contributed by atoms with Crippen molar-refractivity contribution in [3.05, 3.63) is 63.7 Å². The monoisotopic (exact) mass is 469 g/mol. The number of aryl methyl sites for hydroxylation is 1. The fourth-order valence-electron chi connectivity index (χ4n) is 5.61. The summed E-state index contributed by atoms with van der Waals surface area (Å²) in [7, 11) is 0. The summed E-state index contributed by atoms with van der Waals surface area (Å²) in [5.74, 6) is 9.03. The summed E-state index contributed by atoms with van der Waals surface area (Å²) in [6, 6.07) is 3.31. The molecule has 2 aliphatic carbocycles. The first-order valence-corrected chi connectivity index (χ1v) is 11.0. The van der Waals surface area contributed by atoms with Crippen molar-refractivity contribution in [3.8, 4) is 35.2 Å². The number of fused-ring (bicyclic) bond motifs is 4. The van der Waals surface area contributed by atoms with Gasteiger partial charge in [0.05, 0.1) is 28.5 Å². The van der Waals surface area contributed by atoms with E-state index in [2.05, 4.69) is 29.0 Å². The number of ether oxygens (including phenoxy) is 1. The second-order valence-corrected chi connectivity index (χ2v) is 9.08. The van der Waals surface area contributed by atoms with Gasteiger partial charge in [0.1, 0.15) is 17.5 Å². The van der Waals surface area contributed by atoms with Gasteiger partial charge in [-0.05, 0) is 43.7 Å². The highest BCUT2D eigenvalue weighted by Crippen LogP contribution is 2.67. The van der Waals surface area contributed by atoms with Gasteiger partial charge in [-0.1, -0.05) is 29.7 Å². The first-order valence-electron chi connectivity index (χ1n) is 11.0. The molecule has 4 aliphatic rings. The number of phenols is 2. The van der Waals surface area contributed by atoms with Gasteiger partial charge >= 0.3 is 0 Å². The molecular weight excluding hydrogens is 450 g/mol. The van der Waals surface area contributed by atoms with E-state index in [4.69, 9.17) is 4.74 Å². The minimum Gasteiger partial charge on any atom is -0.507 e. The lowest BCUT2D eigenvalue weighted by Crippen LogP contribution is -2.54. The number of epoxide rings is 1. The van der Waals surface area contributed by atoms with Crippen LogP contribution < -0.4 is 5.32 Å². The molecule has 5 N–H and O–H groups in total. The van der Waals surface area contributed by atoms with Gasteiger partial charge in [0.2, 0.25) is 0 Å². The van der Waals surface area contributed by atoms with Crippen LogP contribution in [0.25, 0.3) is 0 Å². The molecule has 174 valence electrons. The van der Waals surface area contributed by atoms with E-state index >= 15 is 0 Å². The molecular formula is C27H19NO7. The maximum atomic E-state index is 13.8. The molecule has 2 aliphatic heterocycles. The van der Waals surface area contributed by atoms with Crippen LogP contribution >= 0.6 is 0 Å². The second-order valence-electron chi connectivity index (χ2n) is 9.08. The van der Waals surface area contributed by atoms with Crippen molar-refractivity contribution in [1.29, 1.82) is 0 Å². The van der Waals surface area contributed by atoms with E-state index in [1.807, 2.05) is 0 Å². The Bertz CT molecular complexity index is 1550. The first-order chi connectivity index (χ1) is 16.7. The molecule has 0 amide bonds. The summed E-state index contributed by atoms with van der Waals surface area (Å²) < 4.78 is 6.12. The molecule has 5 atom stereocenters. The van der Waals surface area contributed by atoms with Gasteiger partial charge < -0.3 is 30.5 Å². The Hall–Kier alpha value is -4.08. The molecule has 1 fully saturated rings. The van der Waals surface area contributed by atoms with Crippen LogP contribution in [0, 0.1) is 30.6 Å². The van der Waals surface area contributed by atoms with Crippen LogP contribution in [0.3, 0.4) is 0 Å². The summed E-state index contributed by atoms with van der Waals surface area (Å²) in [4.78, 5) is 27.2. The smallest absolute Gasteiger partial charge is 0.200 e. The fraction of sp³-hybridized carbons (Fsp3) is 0.259. The predicted octanol–water partition coefficient (Wildman–Crippen LogP) is 1.26. The van der Waals surface area contributed by atoms with Crippen LogP contribution in [-0.2, 0) is 10.3 Å². The summed E-state index contributed by atoms with van der Waals surface area (Å²) in [5.41, 5.74) is -2.94. The number of hydrogen-bond donors (Lipinski definition) is 5. The number of aromatic hydroxyl groups is 2. The number of rotatable bonds is 1. The molecule has 2 aromatic carbocycles. The van der Waals surface area contributed by atoms with Gasteiger partial charge in [-0.3, -0.25) is 9.59 Å². The van der Waals surface area contributed by atoms with Gasteiger partial charge in [-0.25, -0.2) is 0 Å². The molecule has 0 spiro atoms. The van der Waals surface area contributed by atoms with Crippen molar-refractivity contribution in [3.63, 3.8) is 0 Å². The zero-order chi connectivity index (χ0) is 24.9. The highest BCUT2D eigenvalue weighted by Gasteiger charge is 2.82. The number of allylic oxidation sites excluding steroid dienone is 2. The number of aliphatic hydroxyl groups is 2. The van der Waals surface area contributed by atoms with E-state index in [0.717, 1.165) is 0 Å². The maximum Gasteiger partial charge on any atom is 0.200 e. The predicted molar refractivity (Wildman–Crippen MR) is 123 cm³/mol. The third-order valence-corrected chi connectivity index (χ3v) is 7.30. The van der Waals surface area contributed by atoms with Gasteiger partial charge in [0.25, 0.3) is 0 Å². The number of anilines is 1. The van der Waals surface area contributed by atoms with Crippen molar-refractivity contribution in [2.75, 3.05) is 5.32 Å². The highest BCUT2D eigenvalue weighted by atomic mass is 16.7. The van der Waals surface area contributed by atoms with Crippen LogP contribution in [0.1, 0.15) is 49.9 Å². The Labute approximate surface area is 199 Å². The molecule has 8 heteroatoms. The molecule has 8 nitrogen and oxygen atoms in total. The molecule has 0 unspecified atom stereocenters. The maximum absolute atomic E-state index is 13.8. The Kier molecular flexibility index (Phi) is 4.13. The first kappa shape index (κ1) is 21.5. The standard InChI is InChI=1S/C27H19NO7/c1-12-9-10-14-19(23(12)32)25(34)21-20(24(14)33)16(30)11-15-22(21)28-17-7-5-3-4-6-8-18(31)27(15)26(17,35-27)13(2)29/h3-4,9-11,13,17-18,28-32H,1-2H3/b4-3-/t13-,17+,18-,26+,27+/m1/s1. The van der Waals surface area contributed by atoms with Crippen molar-refractivity contribution < 1.29 is 34.8 Å². The van der Waals surface area contributed by atoms with Crippen molar-refractivity contribution in [2.45, 2.75) is 43.3 Å². The van der Waals surface area contributed by atoms with Gasteiger partial charge in [0, 0.05) is 11.1 Å². The van der Waals surface area contributed by atoms with Gasteiger partial charge in [0.15, 0.2) is 28.9 Å². The lowest BCUT2D eigenvalue weighted by Gasteiger charge is -2.37. The van der Waals surface area contributed by atoms with Crippen LogP contribution in [0.5, 0.6) is 11.5 Å². The van der Waals surface area contributed by atoms with E-state index in [1.54, 1.807) is 6.92 Å². The molecule has 0 radical (unpaired) electrons. The summed E-state index contributed by atoms with van der Waals surface area (Å²) >= 11 is 0. The molecule has 2 heterocycles. The van der Waals surface area contributed by atoms with Crippen molar-refractivity contribution in [1.82, 2.24) is 0 Å². The molecule has 0 saturated carbocycles. The summed E-state index contributed by atoms with van der Waals surface area (Å²) in [6.07, 6.45) is 0.362. The van der Waals surface area contributed by atoms with E-state index in [1.165, 1.54) is 37.3 Å². The number of phenolic OH excluding ortho intramolecular Hbond substituents is 2. The van der Waals surface area contributed by atoms with E-state index in [-0.39, 0.29) is 39.3 Å². The average molecular weight is 469 g/mol. The van der Waals surface area contributed by atoms with Crippen molar-refractivity contribution >= 4 is 17.3 Å². The number of benzene rings is 2. The zero-order valence-corrected chi connectivity index (χ0v) is 18.6. The van der Waals surface area contributed by atoms with Crippen LogP contribution in [0.4, 0.5) is 5.69 Å². The molecule has 1 saturated heterocycles. The molecule has 2 bridgehead atoms. The summed E-state index contributed by atoms with van der Waals surface area (Å²) in [6.45, 7) is 3.10. The third kappa shape index (κ3) is 2.38. The SMILES string of the molecule is Cc1ccc2c(c1O)C(=O)c1c3c(cc(O)c1C2=O)[C@@]12O[C@@]1([C@@H](C)O)[C@H](C#C/C=C\C#C[C@H]2O)N3. The van der Waals surface area contributed by atoms with Crippen LogP contribution in [0.2, 0.25) is 0 Å². The Morgan fingerprint density at radius 3 is 2.49 bits per heavy atom. The van der Waals surface area contributed by atoms with E-state index in [0.29, 0.717) is 5.56 Å². The van der Waals surface area contributed by atoms with Gasteiger partial charge in [-0.2, -0.15) is 0 Å². The van der Waals surface area contributed by atoms with Crippen LogP contribution in [0.15, 0.2) is 30.4 Å². The van der Waals surface area contributed by atoms with Gasteiger partial charge in [-0.15, -0.1) is 0 Å².